The van der Waals surface area contributed by atoms with Gasteiger partial charge in [-0.05, 0) is 137 Å². The van der Waals surface area contributed by atoms with E-state index in [0.717, 1.165) is 56.5 Å². The standard InChI is InChI=1S/C26H29FO7S.C18H14FIOS/c1-14-4-7-16(26(33-3)25(31)23(30)22(29)19(13-28)34-26)12-18(14)24(32-2)21-11-10-20(35-21)15-5-8-17(27)9-6-15;1-11-2-7-14(20)10-15(11)18(21)17-9-8-16(22-17)12-3-5-13(19)6-4-12/h4-12,19,22-25,28-31H,13H2,1-3H3;2-10,18,21H,1H3/t19-,22-,23+,24?,25-,26+;/m1./s1. The number of aryl methyl sites for hydroxylation is 2. The summed E-state index contributed by atoms with van der Waals surface area (Å²) < 4.78 is 44.7. The summed E-state index contributed by atoms with van der Waals surface area (Å²) in [6, 6.07) is 31.9. The fourth-order valence-electron chi connectivity index (χ4n) is 6.79. The summed E-state index contributed by atoms with van der Waals surface area (Å²) in [7, 11) is 2.91. The maximum atomic E-state index is 13.3. The van der Waals surface area contributed by atoms with Crippen molar-refractivity contribution in [3.05, 3.63) is 162 Å². The number of ether oxygens (including phenoxy) is 3. The van der Waals surface area contributed by atoms with Gasteiger partial charge in [-0.25, -0.2) is 8.78 Å². The molecule has 0 spiro atoms. The normalized spacial score (nSPS) is 21.8. The molecule has 13 heteroatoms. The third kappa shape index (κ3) is 9.24. The zero-order valence-corrected chi connectivity index (χ0v) is 35.3. The minimum absolute atomic E-state index is 0.241. The fourth-order valence-corrected chi connectivity index (χ4v) is 9.44. The van der Waals surface area contributed by atoms with Gasteiger partial charge in [-0.2, -0.15) is 0 Å². The van der Waals surface area contributed by atoms with Crippen LogP contribution in [0.1, 0.15) is 49.8 Å². The Morgan fingerprint density at radius 3 is 1.82 bits per heavy atom. The van der Waals surface area contributed by atoms with Crippen LogP contribution < -0.4 is 0 Å². The molecule has 1 aliphatic heterocycles. The van der Waals surface area contributed by atoms with Gasteiger partial charge in [0.25, 0.3) is 0 Å². The van der Waals surface area contributed by atoms with Crippen molar-refractivity contribution in [3.63, 3.8) is 0 Å². The van der Waals surface area contributed by atoms with Crippen molar-refractivity contribution in [2.24, 2.45) is 0 Å². The third-order valence-electron chi connectivity index (χ3n) is 10.0. The first-order valence-electron chi connectivity index (χ1n) is 18.0. The zero-order chi connectivity index (χ0) is 41.0. The van der Waals surface area contributed by atoms with Crippen LogP contribution in [-0.4, -0.2) is 70.8 Å². The highest BCUT2D eigenvalue weighted by Gasteiger charge is 2.55. The summed E-state index contributed by atoms with van der Waals surface area (Å²) in [4.78, 5) is 3.78. The van der Waals surface area contributed by atoms with Gasteiger partial charge in [0, 0.05) is 42.9 Å². The van der Waals surface area contributed by atoms with E-state index < -0.39 is 49.0 Å². The highest BCUT2D eigenvalue weighted by Crippen LogP contribution is 2.43. The van der Waals surface area contributed by atoms with Crippen molar-refractivity contribution in [2.75, 3.05) is 20.8 Å². The molecule has 5 N–H and O–H groups in total. The van der Waals surface area contributed by atoms with Gasteiger partial charge in [0.1, 0.15) is 48.3 Å². The minimum atomic E-state index is -1.82. The van der Waals surface area contributed by atoms with E-state index >= 15 is 0 Å². The van der Waals surface area contributed by atoms with Crippen LogP contribution >= 0.6 is 45.3 Å². The molecule has 3 heterocycles. The number of aliphatic hydroxyl groups is 5. The van der Waals surface area contributed by atoms with Gasteiger partial charge in [0.05, 0.1) is 6.61 Å². The Hall–Kier alpha value is -3.45. The number of halogens is 3. The summed E-state index contributed by atoms with van der Waals surface area (Å²) in [6.07, 6.45) is -6.95. The second-order valence-corrected chi connectivity index (χ2v) is 17.1. The van der Waals surface area contributed by atoms with Gasteiger partial charge >= 0.3 is 0 Å². The molecule has 1 fully saturated rings. The van der Waals surface area contributed by atoms with Crippen LogP contribution in [0.4, 0.5) is 8.78 Å². The summed E-state index contributed by atoms with van der Waals surface area (Å²) >= 11 is 5.30. The molecule has 7 rings (SSSR count). The van der Waals surface area contributed by atoms with E-state index in [-0.39, 0.29) is 11.6 Å². The molecule has 4 aromatic carbocycles. The molecule has 0 radical (unpaired) electrons. The predicted octanol–water partition coefficient (Wildman–Crippen LogP) is 8.42. The highest BCUT2D eigenvalue weighted by molar-refractivity contribution is 14.1. The third-order valence-corrected chi connectivity index (χ3v) is 13.1. The Balaban J connectivity index is 0.000000214. The maximum Gasteiger partial charge on any atom is 0.224 e. The molecule has 300 valence electrons. The molecule has 7 atom stereocenters. The lowest BCUT2D eigenvalue weighted by atomic mass is 9.86. The van der Waals surface area contributed by atoms with Crippen molar-refractivity contribution in [3.8, 4) is 20.9 Å². The van der Waals surface area contributed by atoms with Crippen molar-refractivity contribution in [1.82, 2.24) is 0 Å². The van der Waals surface area contributed by atoms with E-state index in [1.165, 1.54) is 54.0 Å². The summed E-state index contributed by atoms with van der Waals surface area (Å²) in [6.45, 7) is 3.35. The number of rotatable bonds is 10. The van der Waals surface area contributed by atoms with E-state index in [0.29, 0.717) is 5.56 Å². The van der Waals surface area contributed by atoms with Gasteiger partial charge in [-0.15, -0.1) is 22.7 Å². The molecular weight excluding hydrogens is 886 g/mol. The van der Waals surface area contributed by atoms with E-state index in [9.17, 15) is 34.3 Å². The smallest absolute Gasteiger partial charge is 0.224 e. The van der Waals surface area contributed by atoms with Crippen molar-refractivity contribution < 1.29 is 48.5 Å². The Morgan fingerprint density at radius 2 is 1.26 bits per heavy atom. The number of aliphatic hydroxyl groups excluding tert-OH is 5. The first-order chi connectivity index (χ1) is 27.3. The average molecular weight is 929 g/mol. The molecule has 6 aromatic rings. The van der Waals surface area contributed by atoms with Gasteiger partial charge in [-0.3, -0.25) is 0 Å². The van der Waals surface area contributed by atoms with E-state index in [1.807, 2.05) is 62.4 Å². The predicted molar refractivity (Wildman–Crippen MR) is 226 cm³/mol. The summed E-state index contributed by atoms with van der Waals surface area (Å²) in [5.41, 5.74) is 5.95. The first-order valence-corrected chi connectivity index (χ1v) is 20.7. The molecule has 0 bridgehead atoms. The molecule has 0 amide bonds. The largest absolute Gasteiger partial charge is 0.394 e. The van der Waals surface area contributed by atoms with Crippen molar-refractivity contribution in [2.45, 2.75) is 56.3 Å². The SMILES string of the molecule is COC(c1ccc(-c2ccc(F)cc2)s1)c1cc([C@]2(OC)O[C@H](CO)[C@@H](O)[C@H](O)[C@H]2O)ccc1C.Cc1ccc(I)cc1C(O)c1ccc(-c2ccc(F)cc2)s1. The molecule has 2 unspecified atom stereocenters. The van der Waals surface area contributed by atoms with Crippen LogP contribution in [0.25, 0.3) is 20.9 Å². The fraction of sp³-hybridized carbons (Fsp3) is 0.273. The van der Waals surface area contributed by atoms with E-state index in [2.05, 4.69) is 22.6 Å². The minimum Gasteiger partial charge on any atom is -0.394 e. The van der Waals surface area contributed by atoms with Gasteiger partial charge in [0.2, 0.25) is 5.79 Å². The second kappa shape index (κ2) is 18.6. The molecule has 1 saturated heterocycles. The summed E-state index contributed by atoms with van der Waals surface area (Å²) in [5, 5.41) is 51.8. The molecule has 8 nitrogen and oxygen atoms in total. The van der Waals surface area contributed by atoms with Crippen LogP contribution in [0.15, 0.2) is 109 Å². The molecule has 2 aromatic heterocycles. The van der Waals surface area contributed by atoms with Gasteiger partial charge < -0.3 is 39.7 Å². The molecule has 0 aliphatic carbocycles. The van der Waals surface area contributed by atoms with Crippen LogP contribution in [0.3, 0.4) is 0 Å². The molecule has 1 aliphatic rings. The second-order valence-electron chi connectivity index (χ2n) is 13.6. The number of hydrogen-bond donors (Lipinski definition) is 5. The Labute approximate surface area is 351 Å². The van der Waals surface area contributed by atoms with Crippen LogP contribution in [0.5, 0.6) is 0 Å². The van der Waals surface area contributed by atoms with Crippen LogP contribution in [0, 0.1) is 29.1 Å². The lowest BCUT2D eigenvalue weighted by Gasteiger charge is -2.47. The number of methoxy groups -OCH3 is 2. The monoisotopic (exact) mass is 928 g/mol. The Kier molecular flexibility index (Phi) is 14.1. The van der Waals surface area contributed by atoms with E-state index in [1.54, 1.807) is 43.5 Å². The summed E-state index contributed by atoms with van der Waals surface area (Å²) in [5.74, 6) is -2.36. The topological polar surface area (TPSA) is 129 Å². The quantitative estimate of drug-likeness (QED) is 0.0868. The molecular formula is C44H43F2IO8S2. The van der Waals surface area contributed by atoms with Crippen molar-refractivity contribution in [1.29, 1.82) is 0 Å². The lowest BCUT2D eigenvalue weighted by Crippen LogP contribution is -2.64. The lowest BCUT2D eigenvalue weighted by molar-refractivity contribution is -0.366. The highest BCUT2D eigenvalue weighted by atomic mass is 127. The van der Waals surface area contributed by atoms with Crippen LogP contribution in [-0.2, 0) is 20.0 Å². The number of hydrogen-bond acceptors (Lipinski definition) is 10. The number of benzene rings is 4. The van der Waals surface area contributed by atoms with Crippen molar-refractivity contribution >= 4 is 45.3 Å². The molecule has 0 saturated carbocycles. The molecule has 57 heavy (non-hydrogen) atoms. The maximum absolute atomic E-state index is 13.3. The Bertz CT molecular complexity index is 2260. The van der Waals surface area contributed by atoms with Gasteiger partial charge in [-0.1, -0.05) is 42.5 Å². The number of thiophene rings is 2. The first kappa shape index (κ1) is 43.1. The average Bonchev–Trinajstić information content (AvgIpc) is 3.92. The Morgan fingerprint density at radius 1 is 0.719 bits per heavy atom. The van der Waals surface area contributed by atoms with Gasteiger partial charge in [0.15, 0.2) is 0 Å². The van der Waals surface area contributed by atoms with Crippen LogP contribution in [0.2, 0.25) is 0 Å². The zero-order valence-electron chi connectivity index (χ0n) is 31.5. The van der Waals surface area contributed by atoms with E-state index in [4.69, 9.17) is 14.2 Å².